The van der Waals surface area contributed by atoms with E-state index in [1.165, 1.54) is 5.56 Å². The predicted octanol–water partition coefficient (Wildman–Crippen LogP) is 4.49. The molecule has 0 unspecified atom stereocenters. The summed E-state index contributed by atoms with van der Waals surface area (Å²) in [5.74, 6) is 1.35. The molecule has 0 aliphatic heterocycles. The summed E-state index contributed by atoms with van der Waals surface area (Å²) in [5, 5.41) is 0. The Bertz CT molecular complexity index is 662. The molecule has 23 heavy (non-hydrogen) atoms. The van der Waals surface area contributed by atoms with Gasteiger partial charge >= 0.3 is 0 Å². The summed E-state index contributed by atoms with van der Waals surface area (Å²) < 4.78 is 12.4. The lowest BCUT2D eigenvalue weighted by Crippen LogP contribution is -2.11. The van der Waals surface area contributed by atoms with Crippen molar-refractivity contribution in [1.29, 1.82) is 0 Å². The maximum absolute atomic E-state index is 5.92. The Morgan fingerprint density at radius 1 is 1.17 bits per heavy atom. The molecule has 0 atom stereocenters. The van der Waals surface area contributed by atoms with Crippen LogP contribution >= 0.6 is 28.1 Å². The average molecular weight is 394 g/mol. The fraction of sp³-hybridized carbons (Fsp3) is 0.278. The van der Waals surface area contributed by atoms with E-state index in [-0.39, 0.29) is 0 Å². The Balaban J connectivity index is 2.02. The molecule has 0 aromatic heterocycles. The Kier molecular flexibility index (Phi) is 6.86. The Labute approximate surface area is 150 Å². The van der Waals surface area contributed by atoms with Gasteiger partial charge in [-0.05, 0) is 53.4 Å². The molecular formula is C18H20BrNO2S. The van der Waals surface area contributed by atoms with Gasteiger partial charge in [-0.25, -0.2) is 0 Å². The molecule has 0 spiro atoms. The smallest absolute Gasteiger partial charge is 0.175 e. The summed E-state index contributed by atoms with van der Waals surface area (Å²) in [6.45, 7) is 3.09. The lowest BCUT2D eigenvalue weighted by molar-refractivity contribution is 0.272. The minimum absolute atomic E-state index is 0.335. The largest absolute Gasteiger partial charge is 0.490 e. The van der Waals surface area contributed by atoms with Gasteiger partial charge in [0, 0.05) is 5.56 Å². The molecular weight excluding hydrogens is 374 g/mol. The van der Waals surface area contributed by atoms with Crippen molar-refractivity contribution >= 4 is 33.1 Å². The molecule has 0 saturated heterocycles. The SMILES string of the molecule is CCOc1cc(C(N)=S)cc(Br)c1OCCCc1ccccc1. The van der Waals surface area contributed by atoms with E-state index >= 15 is 0 Å². The van der Waals surface area contributed by atoms with Crippen molar-refractivity contribution in [2.24, 2.45) is 5.73 Å². The van der Waals surface area contributed by atoms with Crippen LogP contribution in [0.15, 0.2) is 46.9 Å². The number of hydrogen-bond acceptors (Lipinski definition) is 3. The second-order valence-corrected chi connectivity index (χ2v) is 6.31. The van der Waals surface area contributed by atoms with Crippen molar-refractivity contribution in [2.75, 3.05) is 13.2 Å². The van der Waals surface area contributed by atoms with E-state index in [0.29, 0.717) is 29.7 Å². The fourth-order valence-electron chi connectivity index (χ4n) is 2.21. The van der Waals surface area contributed by atoms with Crippen LogP contribution in [0.25, 0.3) is 0 Å². The number of aryl methyl sites for hydroxylation is 1. The standard InChI is InChI=1S/C18H20BrNO2S/c1-2-21-16-12-14(18(20)23)11-15(19)17(16)22-10-6-9-13-7-4-3-5-8-13/h3-5,7-8,11-12H,2,6,9-10H2,1H3,(H2,20,23). The van der Waals surface area contributed by atoms with E-state index in [1.807, 2.05) is 25.1 Å². The monoisotopic (exact) mass is 393 g/mol. The van der Waals surface area contributed by atoms with Gasteiger partial charge in [0.05, 0.1) is 17.7 Å². The normalized spacial score (nSPS) is 10.3. The third-order valence-corrected chi connectivity index (χ3v) is 4.12. The van der Waals surface area contributed by atoms with Gasteiger partial charge in [-0.2, -0.15) is 0 Å². The summed E-state index contributed by atoms with van der Waals surface area (Å²) in [6.07, 6.45) is 1.91. The second kappa shape index (κ2) is 8.89. The zero-order chi connectivity index (χ0) is 16.7. The van der Waals surface area contributed by atoms with Crippen molar-refractivity contribution in [1.82, 2.24) is 0 Å². The van der Waals surface area contributed by atoms with E-state index in [0.717, 1.165) is 22.9 Å². The van der Waals surface area contributed by atoms with Crippen molar-refractivity contribution in [3.05, 3.63) is 58.1 Å². The van der Waals surface area contributed by atoms with E-state index in [1.54, 1.807) is 0 Å². The van der Waals surface area contributed by atoms with Gasteiger partial charge in [0.15, 0.2) is 11.5 Å². The second-order valence-electron chi connectivity index (χ2n) is 5.02. The number of ether oxygens (including phenoxy) is 2. The molecule has 2 aromatic rings. The summed E-state index contributed by atoms with van der Waals surface area (Å²) in [7, 11) is 0. The number of thiocarbonyl (C=S) groups is 1. The van der Waals surface area contributed by atoms with Gasteiger partial charge in [0.25, 0.3) is 0 Å². The molecule has 3 nitrogen and oxygen atoms in total. The first-order chi connectivity index (χ1) is 11.1. The summed E-state index contributed by atoms with van der Waals surface area (Å²) >= 11 is 8.54. The van der Waals surface area contributed by atoms with E-state index < -0.39 is 0 Å². The average Bonchev–Trinajstić information content (AvgIpc) is 2.54. The maximum atomic E-state index is 5.92. The molecule has 0 fully saturated rings. The predicted molar refractivity (Wildman–Crippen MR) is 101 cm³/mol. The number of halogens is 1. The van der Waals surface area contributed by atoms with Crippen molar-refractivity contribution in [3.8, 4) is 11.5 Å². The van der Waals surface area contributed by atoms with Crippen LogP contribution in [0.2, 0.25) is 0 Å². The van der Waals surface area contributed by atoms with Crippen LogP contribution in [0.3, 0.4) is 0 Å². The molecule has 2 rings (SSSR count). The summed E-state index contributed by atoms with van der Waals surface area (Å²) in [4.78, 5) is 0.335. The Hall–Kier alpha value is -1.59. The Morgan fingerprint density at radius 3 is 2.57 bits per heavy atom. The molecule has 0 heterocycles. The van der Waals surface area contributed by atoms with Gasteiger partial charge < -0.3 is 15.2 Å². The topological polar surface area (TPSA) is 44.5 Å². The van der Waals surface area contributed by atoms with Crippen LogP contribution in [0, 0.1) is 0 Å². The van der Waals surface area contributed by atoms with E-state index in [4.69, 9.17) is 27.4 Å². The number of nitrogens with two attached hydrogens (primary N) is 1. The molecule has 2 N–H and O–H groups in total. The van der Waals surface area contributed by atoms with Gasteiger partial charge in [-0.15, -0.1) is 0 Å². The maximum Gasteiger partial charge on any atom is 0.175 e. The molecule has 2 aromatic carbocycles. The highest BCUT2D eigenvalue weighted by Gasteiger charge is 2.13. The quantitative estimate of drug-likeness (QED) is 0.529. The van der Waals surface area contributed by atoms with Crippen LogP contribution in [0.4, 0.5) is 0 Å². The first kappa shape index (κ1) is 17.8. The van der Waals surface area contributed by atoms with Gasteiger partial charge in [-0.3, -0.25) is 0 Å². The van der Waals surface area contributed by atoms with Gasteiger partial charge in [0.2, 0.25) is 0 Å². The molecule has 0 saturated carbocycles. The third-order valence-electron chi connectivity index (χ3n) is 3.29. The molecule has 5 heteroatoms. The molecule has 122 valence electrons. The number of rotatable bonds is 8. The molecule has 0 radical (unpaired) electrons. The molecule has 0 aliphatic rings. The van der Waals surface area contributed by atoms with Gasteiger partial charge in [0.1, 0.15) is 4.99 Å². The number of benzene rings is 2. The van der Waals surface area contributed by atoms with Crippen molar-refractivity contribution in [3.63, 3.8) is 0 Å². The highest BCUT2D eigenvalue weighted by atomic mass is 79.9. The summed E-state index contributed by atoms with van der Waals surface area (Å²) in [6, 6.07) is 14.1. The first-order valence-electron chi connectivity index (χ1n) is 7.54. The fourth-order valence-corrected chi connectivity index (χ4v) is 2.88. The van der Waals surface area contributed by atoms with Crippen molar-refractivity contribution < 1.29 is 9.47 Å². The zero-order valence-electron chi connectivity index (χ0n) is 13.0. The molecule has 0 bridgehead atoms. The molecule has 0 aliphatic carbocycles. The highest BCUT2D eigenvalue weighted by Crippen LogP contribution is 2.37. The van der Waals surface area contributed by atoms with Crippen molar-refractivity contribution in [2.45, 2.75) is 19.8 Å². The van der Waals surface area contributed by atoms with Gasteiger partial charge in [-0.1, -0.05) is 42.5 Å². The summed E-state index contributed by atoms with van der Waals surface area (Å²) in [5.41, 5.74) is 7.76. The highest BCUT2D eigenvalue weighted by molar-refractivity contribution is 9.10. The zero-order valence-corrected chi connectivity index (χ0v) is 15.5. The van der Waals surface area contributed by atoms with Crippen LogP contribution in [0.5, 0.6) is 11.5 Å². The van der Waals surface area contributed by atoms with Crippen LogP contribution in [0.1, 0.15) is 24.5 Å². The Morgan fingerprint density at radius 2 is 1.91 bits per heavy atom. The first-order valence-corrected chi connectivity index (χ1v) is 8.74. The van der Waals surface area contributed by atoms with E-state index in [9.17, 15) is 0 Å². The van der Waals surface area contributed by atoms with Crippen LogP contribution in [-0.4, -0.2) is 18.2 Å². The third kappa shape index (κ3) is 5.22. The van der Waals surface area contributed by atoms with Crippen LogP contribution in [-0.2, 0) is 6.42 Å². The minimum atomic E-state index is 0.335. The number of hydrogen-bond donors (Lipinski definition) is 1. The lowest BCUT2D eigenvalue weighted by atomic mass is 10.1. The van der Waals surface area contributed by atoms with E-state index in [2.05, 4.69) is 40.2 Å². The minimum Gasteiger partial charge on any atom is -0.490 e. The lowest BCUT2D eigenvalue weighted by Gasteiger charge is -2.15. The van der Waals surface area contributed by atoms with Crippen LogP contribution < -0.4 is 15.2 Å². The molecule has 0 amide bonds.